The highest BCUT2D eigenvalue weighted by Gasteiger charge is 2.34. The fourth-order valence-corrected chi connectivity index (χ4v) is 3.63. The zero-order valence-corrected chi connectivity index (χ0v) is 13.0. The minimum Gasteiger partial charge on any atom is -0.289 e. The minimum atomic E-state index is -0.495. The van der Waals surface area contributed by atoms with E-state index in [0.29, 0.717) is 16.3 Å². The Balaban J connectivity index is 2.18. The Morgan fingerprint density at radius 1 is 0.739 bits per heavy atom. The lowest BCUT2D eigenvalue weighted by Gasteiger charge is -2.21. The molecule has 0 bridgehead atoms. The summed E-state index contributed by atoms with van der Waals surface area (Å²) in [6, 6.07) is 10.4. The molecule has 0 heterocycles. The number of halogens is 3. The van der Waals surface area contributed by atoms with E-state index in [1.165, 1.54) is 18.2 Å². The van der Waals surface area contributed by atoms with Crippen molar-refractivity contribution in [3.8, 4) is 0 Å². The minimum absolute atomic E-state index is 0.0402. The second-order valence-electron chi connectivity index (χ2n) is 5.27. The van der Waals surface area contributed by atoms with Crippen LogP contribution in [0.3, 0.4) is 0 Å². The molecule has 0 amide bonds. The van der Waals surface area contributed by atoms with Crippen LogP contribution in [-0.4, -0.2) is 11.6 Å². The molecule has 0 spiro atoms. The van der Waals surface area contributed by atoms with E-state index in [2.05, 4.69) is 0 Å². The highest BCUT2D eigenvalue weighted by Crippen LogP contribution is 2.42. The maximum atomic E-state index is 13.5. The van der Waals surface area contributed by atoms with Gasteiger partial charge in [-0.3, -0.25) is 9.59 Å². The predicted molar refractivity (Wildman–Crippen MR) is 87.2 cm³/mol. The van der Waals surface area contributed by atoms with Crippen LogP contribution in [0.5, 0.6) is 0 Å². The zero-order valence-electron chi connectivity index (χ0n) is 11.5. The molecule has 23 heavy (non-hydrogen) atoms. The van der Waals surface area contributed by atoms with Gasteiger partial charge < -0.3 is 0 Å². The third-order valence-electron chi connectivity index (χ3n) is 4.01. The van der Waals surface area contributed by atoms with E-state index in [1.807, 2.05) is 0 Å². The van der Waals surface area contributed by atoms with Gasteiger partial charge in [0.05, 0.1) is 21.2 Å². The van der Waals surface area contributed by atoms with E-state index in [4.69, 9.17) is 23.2 Å². The third kappa shape index (κ3) is 1.87. The Labute approximate surface area is 140 Å². The van der Waals surface area contributed by atoms with Gasteiger partial charge in [-0.05, 0) is 18.2 Å². The maximum absolute atomic E-state index is 13.5. The Morgan fingerprint density at radius 3 is 1.83 bits per heavy atom. The van der Waals surface area contributed by atoms with Crippen LogP contribution in [0, 0.1) is 5.82 Å². The molecule has 0 N–H and O–H groups in total. The smallest absolute Gasteiger partial charge is 0.196 e. The molecular formula is C18H7Cl2FO2. The summed E-state index contributed by atoms with van der Waals surface area (Å²) in [6.45, 7) is 0. The number of ketones is 2. The summed E-state index contributed by atoms with van der Waals surface area (Å²) >= 11 is 12.7. The van der Waals surface area contributed by atoms with E-state index >= 15 is 0 Å². The summed E-state index contributed by atoms with van der Waals surface area (Å²) in [5.74, 6) is -1.23. The van der Waals surface area contributed by atoms with Crippen molar-refractivity contribution in [1.82, 2.24) is 0 Å². The second kappa shape index (κ2) is 4.88. The molecule has 1 aliphatic carbocycles. The lowest BCUT2D eigenvalue weighted by Crippen LogP contribution is -2.22. The average molecular weight is 345 g/mol. The van der Waals surface area contributed by atoms with E-state index in [9.17, 15) is 14.0 Å². The van der Waals surface area contributed by atoms with Crippen molar-refractivity contribution in [2.75, 3.05) is 0 Å². The largest absolute Gasteiger partial charge is 0.289 e. The summed E-state index contributed by atoms with van der Waals surface area (Å²) in [6.07, 6.45) is 0. The lowest BCUT2D eigenvalue weighted by molar-refractivity contribution is 0.0979. The first-order chi connectivity index (χ1) is 11.0. The van der Waals surface area contributed by atoms with Crippen molar-refractivity contribution in [1.29, 1.82) is 0 Å². The number of rotatable bonds is 0. The molecule has 0 saturated carbocycles. The average Bonchev–Trinajstić information content (AvgIpc) is 2.56. The number of carbonyl (C=O) groups is 2. The normalized spacial score (nSPS) is 13.2. The van der Waals surface area contributed by atoms with E-state index in [-0.39, 0.29) is 38.3 Å². The number of benzene rings is 3. The van der Waals surface area contributed by atoms with Gasteiger partial charge in [0.15, 0.2) is 11.6 Å². The van der Waals surface area contributed by atoms with Crippen LogP contribution in [0.2, 0.25) is 10.0 Å². The quantitative estimate of drug-likeness (QED) is 0.446. The van der Waals surface area contributed by atoms with E-state index in [0.717, 1.165) is 0 Å². The summed E-state index contributed by atoms with van der Waals surface area (Å²) in [5, 5.41) is 0.923. The second-order valence-corrected chi connectivity index (χ2v) is 6.03. The number of hydrogen-bond acceptors (Lipinski definition) is 2. The number of carbonyl (C=O) groups excluding carboxylic acids is 2. The summed E-state index contributed by atoms with van der Waals surface area (Å²) in [5.41, 5.74) is 0.695. The first kappa shape index (κ1) is 14.4. The molecule has 5 heteroatoms. The van der Waals surface area contributed by atoms with Crippen LogP contribution < -0.4 is 0 Å². The summed E-state index contributed by atoms with van der Waals surface area (Å²) in [4.78, 5) is 25.5. The van der Waals surface area contributed by atoms with Gasteiger partial charge in [-0.15, -0.1) is 0 Å². The van der Waals surface area contributed by atoms with Crippen molar-refractivity contribution in [3.63, 3.8) is 0 Å². The zero-order chi connectivity index (χ0) is 16.3. The monoisotopic (exact) mass is 344 g/mol. The first-order valence-corrected chi connectivity index (χ1v) is 7.55. The molecule has 0 radical (unpaired) electrons. The number of hydrogen-bond donors (Lipinski definition) is 0. The van der Waals surface area contributed by atoms with Crippen LogP contribution >= 0.6 is 23.2 Å². The first-order valence-electron chi connectivity index (χ1n) is 6.79. The van der Waals surface area contributed by atoms with E-state index in [1.54, 1.807) is 24.3 Å². The maximum Gasteiger partial charge on any atom is 0.196 e. The van der Waals surface area contributed by atoms with Gasteiger partial charge in [0.25, 0.3) is 0 Å². The molecule has 0 fully saturated rings. The van der Waals surface area contributed by atoms with Gasteiger partial charge in [0.2, 0.25) is 0 Å². The molecule has 0 unspecified atom stereocenters. The third-order valence-corrected chi connectivity index (χ3v) is 4.80. The van der Waals surface area contributed by atoms with E-state index < -0.39 is 5.82 Å². The number of fused-ring (bicyclic) bond motifs is 3. The Bertz CT molecular complexity index is 1040. The molecule has 4 rings (SSSR count). The van der Waals surface area contributed by atoms with Crippen molar-refractivity contribution in [3.05, 3.63) is 80.6 Å². The highest BCUT2D eigenvalue weighted by molar-refractivity contribution is 6.48. The fourth-order valence-electron chi connectivity index (χ4n) is 2.95. The van der Waals surface area contributed by atoms with Crippen molar-refractivity contribution in [2.45, 2.75) is 0 Å². The van der Waals surface area contributed by atoms with Crippen LogP contribution in [0.1, 0.15) is 31.8 Å². The van der Waals surface area contributed by atoms with Crippen molar-refractivity contribution >= 4 is 45.5 Å². The lowest BCUT2D eigenvalue weighted by atomic mass is 9.82. The van der Waals surface area contributed by atoms with Gasteiger partial charge in [0.1, 0.15) is 5.82 Å². The fraction of sp³-hybridized carbons (Fsp3) is 0. The molecule has 3 aromatic rings. The predicted octanol–water partition coefficient (Wildman–Crippen LogP) is 5.06. The standard InChI is InChI=1S/C18H7Cl2FO2/c19-15-9-6-5-8(21)7-12(9)16(20)14-13(15)17(22)10-3-1-2-4-11(10)18(14)23/h1-7H. The summed E-state index contributed by atoms with van der Waals surface area (Å²) in [7, 11) is 0. The highest BCUT2D eigenvalue weighted by atomic mass is 35.5. The Kier molecular flexibility index (Phi) is 3.05. The topological polar surface area (TPSA) is 34.1 Å². The van der Waals surface area contributed by atoms with Gasteiger partial charge in [-0.25, -0.2) is 4.39 Å². The summed E-state index contributed by atoms with van der Waals surface area (Å²) < 4.78 is 13.5. The van der Waals surface area contributed by atoms with Crippen LogP contribution in [0.15, 0.2) is 42.5 Å². The molecule has 0 aliphatic heterocycles. The van der Waals surface area contributed by atoms with Crippen molar-refractivity contribution < 1.29 is 14.0 Å². The van der Waals surface area contributed by atoms with Gasteiger partial charge in [-0.2, -0.15) is 0 Å². The molecule has 112 valence electrons. The van der Waals surface area contributed by atoms with Crippen LogP contribution in [-0.2, 0) is 0 Å². The van der Waals surface area contributed by atoms with Gasteiger partial charge in [-0.1, -0.05) is 47.5 Å². The Morgan fingerprint density at radius 2 is 1.26 bits per heavy atom. The molecule has 0 saturated heterocycles. The van der Waals surface area contributed by atoms with Gasteiger partial charge in [0, 0.05) is 21.9 Å². The Hall–Kier alpha value is -2.23. The van der Waals surface area contributed by atoms with Crippen LogP contribution in [0.4, 0.5) is 4.39 Å². The molecule has 0 aromatic heterocycles. The molecule has 3 aromatic carbocycles. The molecule has 2 nitrogen and oxygen atoms in total. The molecular weight excluding hydrogens is 338 g/mol. The van der Waals surface area contributed by atoms with Crippen LogP contribution in [0.25, 0.3) is 10.8 Å². The SMILES string of the molecule is O=C1c2ccccc2C(=O)c2c1c(Cl)c1ccc(F)cc1c2Cl. The van der Waals surface area contributed by atoms with Crippen molar-refractivity contribution in [2.24, 2.45) is 0 Å². The molecule has 1 aliphatic rings. The molecule has 0 atom stereocenters. The van der Waals surface area contributed by atoms with Gasteiger partial charge >= 0.3 is 0 Å².